The number of carbonyl (C=O) groups is 1. The molecule has 3 aromatic rings. The lowest BCUT2D eigenvalue weighted by molar-refractivity contribution is -0.0447. The summed E-state index contributed by atoms with van der Waals surface area (Å²) in [6, 6.07) is 17.6. The minimum absolute atomic E-state index is 0.194. The fraction of sp³-hybridized carbons (Fsp3) is 0.400. The van der Waals surface area contributed by atoms with Crippen molar-refractivity contribution >= 4 is 11.6 Å². The maximum atomic E-state index is 13.1. The smallest absolute Gasteiger partial charge is 0.278 e. The number of hydrogen-bond donors (Lipinski definition) is 1. The second kappa shape index (κ2) is 9.63. The van der Waals surface area contributed by atoms with Crippen molar-refractivity contribution in [1.82, 2.24) is 15.0 Å². The Balaban J connectivity index is 1.25. The van der Waals surface area contributed by atoms with Crippen LogP contribution in [0.15, 0.2) is 54.6 Å². The first-order chi connectivity index (χ1) is 15.8. The van der Waals surface area contributed by atoms with Gasteiger partial charge in [-0.2, -0.15) is 0 Å². The molecule has 0 bridgehead atoms. The first kappa shape index (κ1) is 20.8. The van der Waals surface area contributed by atoms with E-state index in [0.717, 1.165) is 54.9 Å². The van der Waals surface area contributed by atoms with Gasteiger partial charge >= 0.3 is 0 Å². The number of hydrogen-bond acceptors (Lipinski definition) is 5. The van der Waals surface area contributed by atoms with Crippen LogP contribution in [0.5, 0.6) is 0 Å². The number of nitrogens with zero attached hydrogens (tertiary/aromatic N) is 3. The van der Waals surface area contributed by atoms with E-state index < -0.39 is 0 Å². The fourth-order valence-corrected chi connectivity index (χ4v) is 4.11. The van der Waals surface area contributed by atoms with Gasteiger partial charge in [-0.1, -0.05) is 35.5 Å². The minimum atomic E-state index is -0.234. The van der Waals surface area contributed by atoms with Crippen LogP contribution >= 0.6 is 0 Å². The van der Waals surface area contributed by atoms with Crippen molar-refractivity contribution in [3.63, 3.8) is 0 Å². The van der Waals surface area contributed by atoms with Gasteiger partial charge in [-0.3, -0.25) is 4.79 Å². The van der Waals surface area contributed by atoms with E-state index in [4.69, 9.17) is 9.47 Å². The summed E-state index contributed by atoms with van der Waals surface area (Å²) in [5.74, 6) is 0.0930. The van der Waals surface area contributed by atoms with Crippen molar-refractivity contribution < 1.29 is 14.3 Å². The van der Waals surface area contributed by atoms with Gasteiger partial charge < -0.3 is 14.8 Å². The van der Waals surface area contributed by atoms with Crippen LogP contribution in [0.3, 0.4) is 0 Å². The van der Waals surface area contributed by atoms with E-state index in [1.165, 1.54) is 6.42 Å². The average Bonchev–Trinajstić information content (AvgIpc) is 3.58. The molecule has 1 saturated heterocycles. The number of benzene rings is 2. The number of nitrogens with one attached hydrogen (secondary N) is 1. The SMILES string of the molecule is O=C(Nc1cccc(COCC2CCCCO2)c1)c1nnn(-c2ccccc2)c1C1CC1. The lowest BCUT2D eigenvalue weighted by Gasteiger charge is -2.22. The van der Waals surface area contributed by atoms with E-state index in [-0.39, 0.29) is 12.0 Å². The van der Waals surface area contributed by atoms with Crippen molar-refractivity contribution in [1.29, 1.82) is 0 Å². The highest BCUT2D eigenvalue weighted by atomic mass is 16.5. The summed E-state index contributed by atoms with van der Waals surface area (Å²) in [6.07, 6.45) is 5.70. The number of anilines is 1. The van der Waals surface area contributed by atoms with Gasteiger partial charge in [-0.25, -0.2) is 4.68 Å². The first-order valence-electron chi connectivity index (χ1n) is 11.4. The summed E-state index contributed by atoms with van der Waals surface area (Å²) in [5, 5.41) is 11.5. The van der Waals surface area contributed by atoms with Crippen LogP contribution < -0.4 is 5.32 Å². The van der Waals surface area contributed by atoms with Gasteiger partial charge in [0.05, 0.1) is 30.7 Å². The fourth-order valence-electron chi connectivity index (χ4n) is 4.11. The molecule has 1 aromatic heterocycles. The van der Waals surface area contributed by atoms with Gasteiger partial charge in [0, 0.05) is 18.2 Å². The zero-order valence-corrected chi connectivity index (χ0v) is 18.1. The van der Waals surface area contributed by atoms with E-state index in [1.54, 1.807) is 4.68 Å². The molecule has 5 rings (SSSR count). The Labute approximate surface area is 187 Å². The van der Waals surface area contributed by atoms with Crippen LogP contribution in [0.1, 0.15) is 59.8 Å². The molecule has 1 saturated carbocycles. The molecule has 2 fully saturated rings. The number of aromatic nitrogens is 3. The quantitative estimate of drug-likeness (QED) is 0.568. The van der Waals surface area contributed by atoms with Crippen molar-refractivity contribution in [2.45, 2.75) is 50.7 Å². The molecule has 2 aliphatic rings. The molecule has 0 radical (unpaired) electrons. The molecule has 1 N–H and O–H groups in total. The molecule has 2 heterocycles. The summed E-state index contributed by atoms with van der Waals surface area (Å²) in [7, 11) is 0. The van der Waals surface area contributed by atoms with Crippen LogP contribution in [0.4, 0.5) is 5.69 Å². The largest absolute Gasteiger partial charge is 0.376 e. The van der Waals surface area contributed by atoms with Crippen LogP contribution in [0, 0.1) is 0 Å². The predicted molar refractivity (Wildman–Crippen MR) is 121 cm³/mol. The first-order valence-corrected chi connectivity index (χ1v) is 11.4. The van der Waals surface area contributed by atoms with Crippen molar-refractivity contribution in [2.24, 2.45) is 0 Å². The lowest BCUT2D eigenvalue weighted by Crippen LogP contribution is -2.24. The number of para-hydroxylation sites is 1. The Bertz CT molecular complexity index is 1060. The van der Waals surface area contributed by atoms with Crippen LogP contribution in [0.25, 0.3) is 5.69 Å². The number of rotatable bonds is 8. The molecule has 2 aromatic carbocycles. The molecule has 166 valence electrons. The highest BCUT2D eigenvalue weighted by Gasteiger charge is 2.34. The highest BCUT2D eigenvalue weighted by molar-refractivity contribution is 6.03. The van der Waals surface area contributed by atoms with Gasteiger partial charge in [0.25, 0.3) is 5.91 Å². The zero-order valence-electron chi connectivity index (χ0n) is 18.1. The Kier molecular flexibility index (Phi) is 6.27. The van der Waals surface area contributed by atoms with E-state index >= 15 is 0 Å². The van der Waals surface area contributed by atoms with Crippen molar-refractivity contribution in [2.75, 3.05) is 18.5 Å². The van der Waals surface area contributed by atoms with Gasteiger partial charge in [-0.05, 0) is 61.9 Å². The third-order valence-corrected chi connectivity index (χ3v) is 5.92. The van der Waals surface area contributed by atoms with Gasteiger partial charge in [0.15, 0.2) is 5.69 Å². The molecule has 32 heavy (non-hydrogen) atoms. The van der Waals surface area contributed by atoms with Crippen LogP contribution in [0.2, 0.25) is 0 Å². The maximum absolute atomic E-state index is 13.1. The Morgan fingerprint density at radius 1 is 1.09 bits per heavy atom. The van der Waals surface area contributed by atoms with Crippen LogP contribution in [-0.4, -0.2) is 40.2 Å². The molecule has 7 heteroatoms. The molecule has 7 nitrogen and oxygen atoms in total. The molecule has 1 aliphatic heterocycles. The summed E-state index contributed by atoms with van der Waals surface area (Å²) in [4.78, 5) is 13.1. The Hall–Kier alpha value is -3.03. The van der Waals surface area contributed by atoms with Gasteiger partial charge in [0.2, 0.25) is 0 Å². The molecule has 1 unspecified atom stereocenters. The van der Waals surface area contributed by atoms with E-state index in [2.05, 4.69) is 15.6 Å². The zero-order chi connectivity index (χ0) is 21.8. The normalized spacial score (nSPS) is 18.4. The molecule has 1 atom stereocenters. The van der Waals surface area contributed by atoms with E-state index in [1.807, 2.05) is 54.6 Å². The van der Waals surface area contributed by atoms with E-state index in [0.29, 0.717) is 24.8 Å². The average molecular weight is 433 g/mol. The second-order valence-corrected chi connectivity index (χ2v) is 8.50. The molecule has 1 amide bonds. The molecular weight excluding hydrogens is 404 g/mol. The monoisotopic (exact) mass is 432 g/mol. The molecular formula is C25H28N4O3. The topological polar surface area (TPSA) is 78.3 Å². The van der Waals surface area contributed by atoms with Gasteiger partial charge in [-0.15, -0.1) is 5.10 Å². The van der Waals surface area contributed by atoms with E-state index in [9.17, 15) is 4.79 Å². The van der Waals surface area contributed by atoms with Crippen molar-refractivity contribution in [3.05, 3.63) is 71.5 Å². The Morgan fingerprint density at radius 3 is 2.75 bits per heavy atom. The predicted octanol–water partition coefficient (Wildman–Crippen LogP) is 4.48. The lowest BCUT2D eigenvalue weighted by atomic mass is 10.1. The molecule has 0 spiro atoms. The Morgan fingerprint density at radius 2 is 1.97 bits per heavy atom. The number of amides is 1. The van der Waals surface area contributed by atoms with Crippen LogP contribution in [-0.2, 0) is 16.1 Å². The third kappa shape index (κ3) is 4.89. The third-order valence-electron chi connectivity index (χ3n) is 5.92. The molecule has 1 aliphatic carbocycles. The van der Waals surface area contributed by atoms with Gasteiger partial charge in [0.1, 0.15) is 0 Å². The number of carbonyl (C=O) groups excluding carboxylic acids is 1. The number of ether oxygens (including phenoxy) is 2. The maximum Gasteiger partial charge on any atom is 0.278 e. The summed E-state index contributed by atoms with van der Waals surface area (Å²) in [5.41, 5.74) is 3.94. The van der Waals surface area contributed by atoms with Crippen molar-refractivity contribution in [3.8, 4) is 5.69 Å². The standard InChI is InChI=1S/C25H28N4O3/c30-25(23-24(19-12-13-19)29(28-27-23)21-9-2-1-3-10-21)26-20-8-6-7-18(15-20)16-31-17-22-11-4-5-14-32-22/h1-3,6-10,15,19,22H,4-5,11-14,16-17H2,(H,26,30). The highest BCUT2D eigenvalue weighted by Crippen LogP contribution is 2.42. The second-order valence-electron chi connectivity index (χ2n) is 8.50. The summed E-state index contributed by atoms with van der Waals surface area (Å²) >= 11 is 0. The summed E-state index contributed by atoms with van der Waals surface area (Å²) in [6.45, 7) is 1.91. The summed E-state index contributed by atoms with van der Waals surface area (Å²) < 4.78 is 13.4. The minimum Gasteiger partial charge on any atom is -0.376 e.